The Bertz CT molecular complexity index is 391. The van der Waals surface area contributed by atoms with Gasteiger partial charge < -0.3 is 5.11 Å². The van der Waals surface area contributed by atoms with E-state index in [1.807, 2.05) is 20.8 Å². The summed E-state index contributed by atoms with van der Waals surface area (Å²) in [5.41, 5.74) is -0.208. The molecule has 4 heteroatoms. The van der Waals surface area contributed by atoms with Gasteiger partial charge in [0, 0.05) is 10.6 Å². The fourth-order valence-corrected chi connectivity index (χ4v) is 1.62. The molecule has 1 nitrogen and oxygen atoms in total. The maximum atomic E-state index is 13.1. The fraction of sp³-hybridized carbons (Fsp3) is 0.500. The highest BCUT2D eigenvalue weighted by molar-refractivity contribution is 6.31. The van der Waals surface area contributed by atoms with Crippen LogP contribution in [0.4, 0.5) is 8.78 Å². The summed E-state index contributed by atoms with van der Waals surface area (Å²) in [6, 6.07) is 1.85. The third-order valence-corrected chi connectivity index (χ3v) is 3.31. The summed E-state index contributed by atoms with van der Waals surface area (Å²) in [5.74, 6) is -2.00. The van der Waals surface area contributed by atoms with Gasteiger partial charge in [0.1, 0.15) is 0 Å². The van der Waals surface area contributed by atoms with Crippen molar-refractivity contribution in [3.8, 4) is 0 Å². The maximum absolute atomic E-state index is 13.1. The Morgan fingerprint density at radius 3 is 2.31 bits per heavy atom. The van der Waals surface area contributed by atoms with Crippen molar-refractivity contribution in [2.45, 2.75) is 33.3 Å². The van der Waals surface area contributed by atoms with E-state index in [0.29, 0.717) is 6.42 Å². The predicted molar refractivity (Wildman–Crippen MR) is 60.4 cm³/mol. The van der Waals surface area contributed by atoms with Crippen molar-refractivity contribution in [3.05, 3.63) is 34.4 Å². The number of hydrogen-bond donors (Lipinski definition) is 1. The lowest BCUT2D eigenvalue weighted by atomic mass is 9.80. The zero-order valence-corrected chi connectivity index (χ0v) is 10.3. The summed E-state index contributed by atoms with van der Waals surface area (Å²) in [4.78, 5) is 0. The first-order valence-electron chi connectivity index (χ1n) is 5.12. The lowest BCUT2D eigenvalue weighted by molar-refractivity contribution is 0.0463. The summed E-state index contributed by atoms with van der Waals surface area (Å²) in [6.45, 7) is 5.60. The molecule has 0 saturated carbocycles. The fourth-order valence-electron chi connectivity index (χ4n) is 1.36. The molecule has 0 radical (unpaired) electrons. The Kier molecular flexibility index (Phi) is 3.92. The first-order valence-corrected chi connectivity index (χ1v) is 5.50. The number of aliphatic hydroxyl groups is 1. The zero-order chi connectivity index (χ0) is 12.5. The van der Waals surface area contributed by atoms with E-state index in [1.54, 1.807) is 0 Å². The number of halogens is 3. The van der Waals surface area contributed by atoms with E-state index in [-0.39, 0.29) is 10.6 Å². The topological polar surface area (TPSA) is 20.2 Å². The summed E-state index contributed by atoms with van der Waals surface area (Å²) >= 11 is 5.79. The smallest absolute Gasteiger partial charge is 0.160 e. The van der Waals surface area contributed by atoms with E-state index in [4.69, 9.17) is 11.6 Å². The van der Waals surface area contributed by atoms with E-state index in [1.165, 1.54) is 0 Å². The molecule has 0 heterocycles. The molecule has 1 rings (SSSR count). The molecular weight excluding hydrogens is 234 g/mol. The van der Waals surface area contributed by atoms with Gasteiger partial charge in [0.2, 0.25) is 0 Å². The average molecular weight is 249 g/mol. The molecule has 0 aliphatic rings. The molecular formula is C12H15ClF2O. The van der Waals surface area contributed by atoms with Crippen LogP contribution < -0.4 is 0 Å². The molecule has 0 spiro atoms. The van der Waals surface area contributed by atoms with Gasteiger partial charge in [0.25, 0.3) is 0 Å². The molecule has 0 aromatic heterocycles. The van der Waals surface area contributed by atoms with Crippen LogP contribution in [0.3, 0.4) is 0 Å². The van der Waals surface area contributed by atoms with Gasteiger partial charge in [0.05, 0.1) is 6.10 Å². The monoisotopic (exact) mass is 248 g/mol. The second-order valence-electron chi connectivity index (χ2n) is 4.53. The number of benzene rings is 1. The van der Waals surface area contributed by atoms with Crippen LogP contribution in [-0.2, 0) is 0 Å². The molecule has 16 heavy (non-hydrogen) atoms. The Morgan fingerprint density at radius 1 is 1.31 bits per heavy atom. The molecule has 1 N–H and O–H groups in total. The van der Waals surface area contributed by atoms with Crippen molar-refractivity contribution in [1.82, 2.24) is 0 Å². The van der Waals surface area contributed by atoms with Gasteiger partial charge in [-0.25, -0.2) is 8.78 Å². The van der Waals surface area contributed by atoms with Crippen LogP contribution in [0.2, 0.25) is 5.02 Å². The minimum Gasteiger partial charge on any atom is -0.388 e. The Hall–Kier alpha value is -0.670. The third kappa shape index (κ3) is 2.53. The minimum absolute atomic E-state index is 0.0490. The summed E-state index contributed by atoms with van der Waals surface area (Å²) in [7, 11) is 0. The second kappa shape index (κ2) is 4.68. The molecule has 0 amide bonds. The molecule has 1 aromatic carbocycles. The first kappa shape index (κ1) is 13.4. The lowest BCUT2D eigenvalue weighted by Gasteiger charge is -2.30. The van der Waals surface area contributed by atoms with Crippen molar-refractivity contribution in [3.63, 3.8) is 0 Å². The van der Waals surface area contributed by atoms with Crippen LogP contribution in [-0.4, -0.2) is 5.11 Å². The SMILES string of the molecule is CCC(C)(C)C(O)c1cc(F)c(F)cc1Cl. The van der Waals surface area contributed by atoms with Crippen molar-refractivity contribution >= 4 is 11.6 Å². The van der Waals surface area contributed by atoms with E-state index in [0.717, 1.165) is 12.1 Å². The van der Waals surface area contributed by atoms with E-state index in [9.17, 15) is 13.9 Å². The van der Waals surface area contributed by atoms with E-state index in [2.05, 4.69) is 0 Å². The van der Waals surface area contributed by atoms with Gasteiger partial charge in [-0.2, -0.15) is 0 Å². The van der Waals surface area contributed by atoms with Crippen LogP contribution >= 0.6 is 11.6 Å². The molecule has 0 saturated heterocycles. The average Bonchev–Trinajstić information content (AvgIpc) is 2.22. The van der Waals surface area contributed by atoms with Gasteiger partial charge >= 0.3 is 0 Å². The number of aliphatic hydroxyl groups excluding tert-OH is 1. The van der Waals surface area contributed by atoms with Crippen molar-refractivity contribution in [2.24, 2.45) is 5.41 Å². The molecule has 90 valence electrons. The largest absolute Gasteiger partial charge is 0.388 e. The Morgan fingerprint density at radius 2 is 1.81 bits per heavy atom. The van der Waals surface area contributed by atoms with Gasteiger partial charge in [-0.1, -0.05) is 32.4 Å². The summed E-state index contributed by atoms with van der Waals surface area (Å²) in [6.07, 6.45) is -0.219. The quantitative estimate of drug-likeness (QED) is 0.799. The van der Waals surface area contributed by atoms with E-state index < -0.39 is 23.2 Å². The molecule has 0 aliphatic carbocycles. The Labute approximate surface area is 99.0 Å². The normalized spacial score (nSPS) is 13.9. The maximum Gasteiger partial charge on any atom is 0.160 e. The van der Waals surface area contributed by atoms with Crippen LogP contribution in [0, 0.1) is 17.0 Å². The van der Waals surface area contributed by atoms with Gasteiger partial charge in [-0.05, 0) is 24.0 Å². The highest BCUT2D eigenvalue weighted by atomic mass is 35.5. The highest BCUT2D eigenvalue weighted by Crippen LogP contribution is 2.39. The third-order valence-electron chi connectivity index (χ3n) is 2.99. The second-order valence-corrected chi connectivity index (χ2v) is 4.94. The molecule has 0 bridgehead atoms. The molecule has 1 unspecified atom stereocenters. The van der Waals surface area contributed by atoms with Gasteiger partial charge in [-0.3, -0.25) is 0 Å². The molecule has 1 atom stereocenters. The van der Waals surface area contributed by atoms with Crippen LogP contribution in [0.5, 0.6) is 0 Å². The van der Waals surface area contributed by atoms with Crippen LogP contribution in [0.15, 0.2) is 12.1 Å². The molecule has 1 aromatic rings. The van der Waals surface area contributed by atoms with Gasteiger partial charge in [0.15, 0.2) is 11.6 Å². The summed E-state index contributed by atoms with van der Waals surface area (Å²) < 4.78 is 25.9. The highest BCUT2D eigenvalue weighted by Gasteiger charge is 2.29. The lowest BCUT2D eigenvalue weighted by Crippen LogP contribution is -2.21. The van der Waals surface area contributed by atoms with Crippen LogP contribution in [0.1, 0.15) is 38.9 Å². The number of rotatable bonds is 3. The standard InChI is InChI=1S/C12H15ClF2O/c1-4-12(2,3)11(16)7-5-9(14)10(15)6-8(7)13/h5-6,11,16H,4H2,1-3H3. The van der Waals surface area contributed by atoms with Gasteiger partial charge in [-0.15, -0.1) is 0 Å². The Balaban J connectivity index is 3.19. The van der Waals surface area contributed by atoms with Crippen molar-refractivity contribution in [1.29, 1.82) is 0 Å². The number of hydrogen-bond acceptors (Lipinski definition) is 1. The van der Waals surface area contributed by atoms with Crippen molar-refractivity contribution in [2.75, 3.05) is 0 Å². The van der Waals surface area contributed by atoms with Crippen LogP contribution in [0.25, 0.3) is 0 Å². The predicted octanol–water partition coefficient (Wildman–Crippen LogP) is 4.09. The zero-order valence-electron chi connectivity index (χ0n) is 9.52. The molecule has 0 aliphatic heterocycles. The first-order chi connectivity index (χ1) is 7.29. The van der Waals surface area contributed by atoms with E-state index >= 15 is 0 Å². The van der Waals surface area contributed by atoms with Crippen molar-refractivity contribution < 1.29 is 13.9 Å². The molecule has 0 fully saturated rings. The minimum atomic E-state index is -1.00. The summed E-state index contributed by atoms with van der Waals surface area (Å²) in [5, 5.41) is 10.1.